The number of anilines is 2. The average molecular weight is 257 g/mol. The Hall–Kier alpha value is -2.16. The molecule has 0 aliphatic heterocycles. The van der Waals surface area contributed by atoms with Gasteiger partial charge in [0, 0.05) is 30.4 Å². The molecule has 0 unspecified atom stereocenters. The van der Waals surface area contributed by atoms with E-state index in [0.29, 0.717) is 12.0 Å². The quantitative estimate of drug-likeness (QED) is 0.765. The fourth-order valence-electron chi connectivity index (χ4n) is 1.91. The summed E-state index contributed by atoms with van der Waals surface area (Å²) in [6.45, 7) is 1.84. The Morgan fingerprint density at radius 2 is 1.79 bits per heavy atom. The second kappa shape index (κ2) is 5.65. The van der Waals surface area contributed by atoms with E-state index in [1.165, 1.54) is 12.1 Å². The van der Waals surface area contributed by atoms with Gasteiger partial charge >= 0.3 is 0 Å². The first-order chi connectivity index (χ1) is 9.11. The lowest BCUT2D eigenvalue weighted by Gasteiger charge is -2.19. The van der Waals surface area contributed by atoms with Gasteiger partial charge in [-0.25, -0.2) is 4.39 Å². The molecule has 0 N–H and O–H groups in total. The van der Waals surface area contributed by atoms with Gasteiger partial charge in [-0.1, -0.05) is 13.0 Å². The zero-order valence-corrected chi connectivity index (χ0v) is 11.1. The highest BCUT2D eigenvalue weighted by Crippen LogP contribution is 2.24. The van der Waals surface area contributed by atoms with Crippen molar-refractivity contribution in [2.24, 2.45) is 0 Å². The molecule has 2 nitrogen and oxygen atoms in total. The van der Waals surface area contributed by atoms with Gasteiger partial charge in [0.1, 0.15) is 5.82 Å². The number of hydrogen-bond donors (Lipinski definition) is 0. The number of hydrogen-bond acceptors (Lipinski definition) is 2. The number of nitrogens with zero attached hydrogens (tertiary/aromatic N) is 1. The minimum atomic E-state index is -0.262. The number of carbonyl (C=O) groups excluding carboxylic acids is 1. The largest absolute Gasteiger partial charge is 0.345 e. The summed E-state index contributed by atoms with van der Waals surface area (Å²) >= 11 is 0. The first-order valence-corrected chi connectivity index (χ1v) is 6.24. The molecule has 2 aromatic rings. The van der Waals surface area contributed by atoms with Gasteiger partial charge < -0.3 is 4.90 Å². The van der Waals surface area contributed by atoms with Crippen LogP contribution in [-0.4, -0.2) is 12.8 Å². The van der Waals surface area contributed by atoms with Gasteiger partial charge in [0.25, 0.3) is 0 Å². The smallest absolute Gasteiger partial charge is 0.162 e. The molecular formula is C16H16FNO. The number of carbonyl (C=O) groups is 1. The minimum absolute atomic E-state index is 0.125. The Bertz CT molecular complexity index is 578. The van der Waals surface area contributed by atoms with E-state index in [1.807, 2.05) is 37.1 Å². The molecule has 0 aliphatic rings. The van der Waals surface area contributed by atoms with E-state index in [1.54, 1.807) is 18.2 Å². The third-order valence-corrected chi connectivity index (χ3v) is 3.09. The van der Waals surface area contributed by atoms with Gasteiger partial charge in [0.2, 0.25) is 0 Å². The van der Waals surface area contributed by atoms with Crippen molar-refractivity contribution >= 4 is 17.2 Å². The van der Waals surface area contributed by atoms with Crippen molar-refractivity contribution in [1.29, 1.82) is 0 Å². The van der Waals surface area contributed by atoms with E-state index in [4.69, 9.17) is 0 Å². The normalized spacial score (nSPS) is 10.3. The van der Waals surface area contributed by atoms with Crippen LogP contribution in [0, 0.1) is 5.82 Å². The maximum atomic E-state index is 13.2. The Morgan fingerprint density at radius 3 is 2.37 bits per heavy atom. The molecule has 0 heterocycles. The summed E-state index contributed by atoms with van der Waals surface area (Å²) in [5, 5.41) is 0. The first kappa shape index (κ1) is 13.3. The summed E-state index contributed by atoms with van der Waals surface area (Å²) < 4.78 is 13.2. The average Bonchev–Trinajstić information content (AvgIpc) is 2.46. The molecular weight excluding hydrogens is 241 g/mol. The summed E-state index contributed by atoms with van der Waals surface area (Å²) in [5.41, 5.74) is 2.40. The number of Topliss-reactive ketones (excluding diaryl/α,β-unsaturated/α-hetero) is 1. The molecule has 0 aliphatic carbocycles. The molecule has 19 heavy (non-hydrogen) atoms. The number of rotatable bonds is 4. The van der Waals surface area contributed by atoms with Crippen LogP contribution in [0.5, 0.6) is 0 Å². The highest BCUT2D eigenvalue weighted by atomic mass is 19.1. The lowest BCUT2D eigenvalue weighted by atomic mass is 10.1. The lowest BCUT2D eigenvalue weighted by molar-refractivity contribution is 0.0988. The van der Waals surface area contributed by atoms with E-state index in [2.05, 4.69) is 0 Å². The monoisotopic (exact) mass is 257 g/mol. The Balaban J connectivity index is 2.25. The fourth-order valence-corrected chi connectivity index (χ4v) is 1.91. The van der Waals surface area contributed by atoms with Crippen LogP contribution in [0.15, 0.2) is 48.5 Å². The molecule has 3 heteroatoms. The molecule has 2 rings (SSSR count). The molecule has 0 spiro atoms. The molecule has 0 aromatic heterocycles. The zero-order chi connectivity index (χ0) is 13.8. The predicted molar refractivity (Wildman–Crippen MR) is 75.5 cm³/mol. The van der Waals surface area contributed by atoms with Crippen LogP contribution in [0.1, 0.15) is 23.7 Å². The highest BCUT2D eigenvalue weighted by Gasteiger charge is 2.07. The molecule has 0 fully saturated rings. The second-order valence-electron chi connectivity index (χ2n) is 4.36. The topological polar surface area (TPSA) is 20.3 Å². The van der Waals surface area contributed by atoms with Crippen molar-refractivity contribution < 1.29 is 9.18 Å². The predicted octanol–water partition coefficient (Wildman–Crippen LogP) is 4.19. The van der Waals surface area contributed by atoms with Crippen LogP contribution in [-0.2, 0) is 0 Å². The van der Waals surface area contributed by atoms with Gasteiger partial charge in [-0.2, -0.15) is 0 Å². The maximum absolute atomic E-state index is 13.2. The van der Waals surface area contributed by atoms with Crippen LogP contribution in [0.25, 0.3) is 0 Å². The fraction of sp³-hybridized carbons (Fsp3) is 0.188. The number of halogens is 1. The summed E-state index contributed by atoms with van der Waals surface area (Å²) in [4.78, 5) is 13.4. The molecule has 0 atom stereocenters. The van der Waals surface area contributed by atoms with Crippen molar-refractivity contribution in [3.05, 3.63) is 59.9 Å². The number of benzene rings is 2. The van der Waals surface area contributed by atoms with E-state index in [-0.39, 0.29) is 11.6 Å². The van der Waals surface area contributed by atoms with Crippen molar-refractivity contribution in [2.75, 3.05) is 11.9 Å². The van der Waals surface area contributed by atoms with E-state index in [9.17, 15) is 9.18 Å². The molecule has 0 radical (unpaired) electrons. The first-order valence-electron chi connectivity index (χ1n) is 6.24. The van der Waals surface area contributed by atoms with Gasteiger partial charge in [-0.15, -0.1) is 0 Å². The molecule has 0 saturated heterocycles. The Labute approximate surface area is 112 Å². The van der Waals surface area contributed by atoms with Crippen molar-refractivity contribution in [3.63, 3.8) is 0 Å². The van der Waals surface area contributed by atoms with Crippen LogP contribution < -0.4 is 4.90 Å². The van der Waals surface area contributed by atoms with E-state index in [0.717, 1.165) is 11.4 Å². The van der Waals surface area contributed by atoms with Crippen molar-refractivity contribution in [1.82, 2.24) is 0 Å². The molecule has 0 amide bonds. The summed E-state index contributed by atoms with van der Waals surface area (Å²) in [5.74, 6) is -0.137. The standard InChI is InChI=1S/C16H16FNO/c1-3-16(19)12-7-9-14(10-8-12)18(2)15-6-4-5-13(17)11-15/h4-11H,3H2,1-2H3. The Kier molecular flexibility index (Phi) is 3.95. The van der Waals surface area contributed by atoms with E-state index >= 15 is 0 Å². The molecule has 0 bridgehead atoms. The van der Waals surface area contributed by atoms with Gasteiger partial charge in [-0.3, -0.25) is 4.79 Å². The molecule has 98 valence electrons. The van der Waals surface area contributed by atoms with Crippen molar-refractivity contribution in [3.8, 4) is 0 Å². The highest BCUT2D eigenvalue weighted by molar-refractivity contribution is 5.96. The SMILES string of the molecule is CCC(=O)c1ccc(N(C)c2cccc(F)c2)cc1. The minimum Gasteiger partial charge on any atom is -0.345 e. The van der Waals surface area contributed by atoms with Crippen LogP contribution in [0.2, 0.25) is 0 Å². The summed E-state index contributed by atoms with van der Waals surface area (Å²) in [7, 11) is 1.87. The molecule has 0 saturated carbocycles. The summed E-state index contributed by atoms with van der Waals surface area (Å²) in [6.07, 6.45) is 0.499. The summed E-state index contributed by atoms with van der Waals surface area (Å²) in [6, 6.07) is 13.8. The maximum Gasteiger partial charge on any atom is 0.162 e. The number of ketones is 1. The second-order valence-corrected chi connectivity index (χ2v) is 4.36. The third-order valence-electron chi connectivity index (χ3n) is 3.09. The van der Waals surface area contributed by atoms with Gasteiger partial charge in [0.05, 0.1) is 0 Å². The third kappa shape index (κ3) is 2.99. The van der Waals surface area contributed by atoms with Gasteiger partial charge in [0.15, 0.2) is 5.78 Å². The Morgan fingerprint density at radius 1 is 1.11 bits per heavy atom. The zero-order valence-electron chi connectivity index (χ0n) is 11.1. The van der Waals surface area contributed by atoms with Crippen LogP contribution >= 0.6 is 0 Å². The van der Waals surface area contributed by atoms with Crippen LogP contribution in [0.3, 0.4) is 0 Å². The molecule has 2 aromatic carbocycles. The lowest BCUT2D eigenvalue weighted by Crippen LogP contribution is -2.09. The van der Waals surface area contributed by atoms with Gasteiger partial charge in [-0.05, 0) is 42.5 Å². The van der Waals surface area contributed by atoms with Crippen LogP contribution in [0.4, 0.5) is 15.8 Å². The van der Waals surface area contributed by atoms with E-state index < -0.39 is 0 Å². The van der Waals surface area contributed by atoms with Crippen molar-refractivity contribution in [2.45, 2.75) is 13.3 Å².